The average Bonchev–Trinajstić information content (AvgIpc) is 2.87. The number of allylic oxidation sites excluding steroid dienone is 1. The van der Waals surface area contributed by atoms with Crippen molar-refractivity contribution in [2.75, 3.05) is 18.0 Å². The van der Waals surface area contributed by atoms with E-state index < -0.39 is 23.5 Å². The number of esters is 1. The molecule has 0 aromatic heterocycles. The summed E-state index contributed by atoms with van der Waals surface area (Å²) >= 11 is 6.28. The molecule has 0 unspecified atom stereocenters. The molecule has 6 nitrogen and oxygen atoms in total. The van der Waals surface area contributed by atoms with Gasteiger partial charge in [-0.2, -0.15) is 0 Å². The molecule has 2 aromatic rings. The second kappa shape index (κ2) is 13.7. The number of anilines is 1. The molecule has 7 heteroatoms. The molecule has 0 bridgehead atoms. The predicted molar refractivity (Wildman–Crippen MR) is 152 cm³/mol. The minimum absolute atomic E-state index is 0.345. The summed E-state index contributed by atoms with van der Waals surface area (Å²) in [5.74, 6) is -1.80. The summed E-state index contributed by atoms with van der Waals surface area (Å²) in [5.41, 5.74) is 3.06. The molecule has 38 heavy (non-hydrogen) atoms. The molecule has 3 rings (SSSR count). The number of halogens is 1. The predicted octanol–water partition coefficient (Wildman–Crippen LogP) is 7.32. The lowest BCUT2D eigenvalue weighted by Gasteiger charge is -2.29. The van der Waals surface area contributed by atoms with E-state index in [1.54, 1.807) is 26.8 Å². The van der Waals surface area contributed by atoms with Crippen molar-refractivity contribution in [3.05, 3.63) is 70.8 Å². The summed E-state index contributed by atoms with van der Waals surface area (Å²) < 4.78 is 12.0. The van der Waals surface area contributed by atoms with Gasteiger partial charge in [-0.25, -0.2) is 0 Å². The molecule has 0 amide bonds. The van der Waals surface area contributed by atoms with Crippen LogP contribution in [0.3, 0.4) is 0 Å². The van der Waals surface area contributed by atoms with Crippen molar-refractivity contribution in [2.24, 2.45) is 0 Å². The maximum Gasteiger partial charge on any atom is 0.314 e. The highest BCUT2D eigenvalue weighted by atomic mass is 35.5. The maximum absolute atomic E-state index is 13.1. The Morgan fingerprint density at radius 3 is 2.66 bits per heavy atom. The van der Waals surface area contributed by atoms with Crippen molar-refractivity contribution in [3.8, 4) is 5.75 Å². The number of hydrogen-bond donors (Lipinski definition) is 1. The Morgan fingerprint density at radius 2 is 1.95 bits per heavy atom. The van der Waals surface area contributed by atoms with Gasteiger partial charge in [0.1, 0.15) is 18.0 Å². The number of carboxylic acid groups (broad SMARTS) is 1. The van der Waals surface area contributed by atoms with Crippen molar-refractivity contribution >= 4 is 29.2 Å². The van der Waals surface area contributed by atoms with Gasteiger partial charge in [-0.3, -0.25) is 9.59 Å². The highest BCUT2D eigenvalue weighted by Crippen LogP contribution is 2.36. The summed E-state index contributed by atoms with van der Waals surface area (Å²) in [6, 6.07) is 11.5. The Bertz CT molecular complexity index is 1120. The lowest BCUT2D eigenvalue weighted by molar-refractivity contribution is -0.159. The highest BCUT2D eigenvalue weighted by Gasteiger charge is 2.30. The van der Waals surface area contributed by atoms with E-state index >= 15 is 0 Å². The van der Waals surface area contributed by atoms with Crippen molar-refractivity contribution in [2.45, 2.75) is 83.8 Å². The number of unbranched alkanes of at least 4 members (excludes halogenated alkanes) is 2. The molecular weight excluding hydrogens is 502 g/mol. The van der Waals surface area contributed by atoms with Gasteiger partial charge in [-0.1, -0.05) is 29.8 Å². The van der Waals surface area contributed by atoms with Gasteiger partial charge in [0.15, 0.2) is 0 Å². The molecule has 1 aliphatic heterocycles. The Balaban J connectivity index is 2.01. The van der Waals surface area contributed by atoms with Crippen LogP contribution < -0.4 is 9.64 Å². The third kappa shape index (κ3) is 8.80. The zero-order valence-corrected chi connectivity index (χ0v) is 23.6. The van der Waals surface area contributed by atoms with E-state index in [0.717, 1.165) is 67.9 Å². The standard InChI is InChI=1S/C31H40ClNO5/c1-5-6-7-9-16-33-17-10-8-11-22-18-25(32)14-12-24(22)21-37-28-15-13-23(19-27(28)33)26(20-29(34)35)30(36)38-31(2,3)4/h5,12-15,18-19,26H,1,6-11,16-17,20-21H2,2-4H3,(H,34,35)/t26-/m0/s1. The number of rotatable bonds is 9. The molecule has 0 fully saturated rings. The van der Waals surface area contributed by atoms with Crippen molar-refractivity contribution in [1.29, 1.82) is 0 Å². The van der Waals surface area contributed by atoms with Gasteiger partial charge in [-0.15, -0.1) is 6.58 Å². The first kappa shape index (κ1) is 29.6. The van der Waals surface area contributed by atoms with Crippen LogP contribution in [-0.4, -0.2) is 35.7 Å². The molecule has 0 radical (unpaired) electrons. The summed E-state index contributed by atoms with van der Waals surface area (Å²) in [5, 5.41) is 10.3. The van der Waals surface area contributed by atoms with Crippen molar-refractivity contribution in [1.82, 2.24) is 0 Å². The smallest absolute Gasteiger partial charge is 0.314 e. The lowest BCUT2D eigenvalue weighted by atomic mass is 9.94. The zero-order chi connectivity index (χ0) is 27.7. The maximum atomic E-state index is 13.1. The Labute approximate surface area is 231 Å². The number of ether oxygens (including phenoxy) is 2. The summed E-state index contributed by atoms with van der Waals surface area (Å²) in [6.07, 6.45) is 7.45. The van der Waals surface area contributed by atoms with E-state index in [4.69, 9.17) is 21.1 Å². The topological polar surface area (TPSA) is 76.1 Å². The van der Waals surface area contributed by atoms with Crippen LogP contribution in [0.2, 0.25) is 5.02 Å². The first-order valence-corrected chi connectivity index (χ1v) is 13.8. The number of aryl methyl sites for hydroxylation is 1. The van der Waals surface area contributed by atoms with Crippen LogP contribution in [0.1, 0.15) is 81.9 Å². The average molecular weight is 542 g/mol. The van der Waals surface area contributed by atoms with Gasteiger partial charge in [0.2, 0.25) is 0 Å². The zero-order valence-electron chi connectivity index (χ0n) is 22.8. The number of carbonyl (C=O) groups excluding carboxylic acids is 1. The number of nitrogens with zero attached hydrogens (tertiary/aromatic N) is 1. The first-order valence-electron chi connectivity index (χ1n) is 13.4. The SMILES string of the molecule is C=CCCCCN1CCCCc2cc(Cl)ccc2COc2ccc([C@H](CC(=O)O)C(=O)OC(C)(C)C)cc21. The van der Waals surface area contributed by atoms with Crippen LogP contribution in [0.5, 0.6) is 5.75 Å². The fraction of sp³-hybridized carbons (Fsp3) is 0.484. The largest absolute Gasteiger partial charge is 0.487 e. The highest BCUT2D eigenvalue weighted by molar-refractivity contribution is 6.30. The number of benzene rings is 2. The fourth-order valence-corrected chi connectivity index (χ4v) is 4.89. The van der Waals surface area contributed by atoms with Gasteiger partial charge in [-0.05, 0) is 100 Å². The van der Waals surface area contributed by atoms with Gasteiger partial charge < -0.3 is 19.5 Å². The number of hydrogen-bond acceptors (Lipinski definition) is 5. The van der Waals surface area contributed by atoms with Crippen molar-refractivity contribution in [3.63, 3.8) is 0 Å². The Morgan fingerprint density at radius 1 is 1.16 bits per heavy atom. The molecule has 206 valence electrons. The van der Waals surface area contributed by atoms with E-state index in [1.807, 2.05) is 36.4 Å². The molecular formula is C31H40ClNO5. The molecule has 0 saturated heterocycles. The molecule has 1 heterocycles. The third-order valence-corrected chi connectivity index (χ3v) is 6.79. The number of aliphatic carboxylic acids is 1. The summed E-state index contributed by atoms with van der Waals surface area (Å²) in [6.45, 7) is 11.2. The summed E-state index contributed by atoms with van der Waals surface area (Å²) in [4.78, 5) is 27.1. The van der Waals surface area contributed by atoms with Gasteiger partial charge in [0.05, 0.1) is 18.0 Å². The van der Waals surface area contributed by atoms with Crippen molar-refractivity contribution < 1.29 is 24.2 Å². The molecule has 1 atom stereocenters. The Hall–Kier alpha value is -2.99. The third-order valence-electron chi connectivity index (χ3n) is 6.56. The van der Waals surface area contributed by atoms with E-state index in [9.17, 15) is 14.7 Å². The minimum atomic E-state index is -1.05. The van der Waals surface area contributed by atoms with E-state index in [-0.39, 0.29) is 6.42 Å². The second-order valence-corrected chi connectivity index (χ2v) is 11.3. The number of carboxylic acids is 1. The van der Waals surface area contributed by atoms with Crippen LogP contribution in [0, 0.1) is 0 Å². The Kier molecular flexibility index (Phi) is 10.7. The van der Waals surface area contributed by atoms with E-state index in [0.29, 0.717) is 17.9 Å². The quantitative estimate of drug-likeness (QED) is 0.204. The number of fused-ring (bicyclic) bond motifs is 2. The monoisotopic (exact) mass is 541 g/mol. The molecule has 1 aliphatic rings. The number of carbonyl (C=O) groups is 2. The first-order chi connectivity index (χ1) is 18.1. The molecule has 1 N–H and O–H groups in total. The summed E-state index contributed by atoms with van der Waals surface area (Å²) in [7, 11) is 0. The van der Waals surface area contributed by atoms with Crippen LogP contribution in [0.25, 0.3) is 0 Å². The normalized spacial score (nSPS) is 14.8. The van der Waals surface area contributed by atoms with E-state index in [1.165, 1.54) is 5.56 Å². The van der Waals surface area contributed by atoms with Gasteiger partial charge in [0, 0.05) is 18.1 Å². The van der Waals surface area contributed by atoms with Gasteiger partial charge in [0.25, 0.3) is 0 Å². The van der Waals surface area contributed by atoms with Crippen LogP contribution >= 0.6 is 11.6 Å². The lowest BCUT2D eigenvalue weighted by Crippen LogP contribution is -2.29. The molecule has 0 saturated carbocycles. The van der Waals surface area contributed by atoms with Gasteiger partial charge >= 0.3 is 11.9 Å². The molecule has 0 spiro atoms. The van der Waals surface area contributed by atoms with Crippen LogP contribution in [-0.2, 0) is 27.4 Å². The fourth-order valence-electron chi connectivity index (χ4n) is 4.69. The van der Waals surface area contributed by atoms with Crippen LogP contribution in [0.15, 0.2) is 49.1 Å². The minimum Gasteiger partial charge on any atom is -0.487 e. The molecule has 0 aliphatic carbocycles. The van der Waals surface area contributed by atoms with Crippen LogP contribution in [0.4, 0.5) is 5.69 Å². The second-order valence-electron chi connectivity index (χ2n) is 10.8. The van der Waals surface area contributed by atoms with E-state index in [2.05, 4.69) is 11.5 Å². The molecule has 2 aromatic carbocycles.